The lowest BCUT2D eigenvalue weighted by Crippen LogP contribution is -2.34. The van der Waals surface area contributed by atoms with Gasteiger partial charge in [-0.1, -0.05) is 180 Å². The van der Waals surface area contributed by atoms with Crippen LogP contribution in [0, 0.1) is 0 Å². The van der Waals surface area contributed by atoms with Gasteiger partial charge < -0.3 is 10.1 Å². The SMILES string of the molecule is CC(C)(C)c1cc(P(c2cc(C(C)(C)C)cc(C(C)(C)C)c2)c2cccc3c2[C@@]2(CCc4cccc(NCC5=NC[C@H](c6ccccc6)O5)c42)CC3)cc(C(C)(C)C)c1. The molecule has 59 heavy (non-hydrogen) atoms. The number of rotatable bonds is 7. The molecule has 8 rings (SSSR count). The van der Waals surface area contributed by atoms with E-state index < -0.39 is 7.92 Å². The molecule has 2 atom stereocenters. The molecule has 0 saturated carbocycles. The van der Waals surface area contributed by atoms with Gasteiger partial charge in [-0.2, -0.15) is 0 Å². The van der Waals surface area contributed by atoms with Crippen molar-refractivity contribution in [1.82, 2.24) is 0 Å². The Hall–Kier alpha value is -4.20. The summed E-state index contributed by atoms with van der Waals surface area (Å²) in [4.78, 5) is 4.86. The van der Waals surface area contributed by atoms with Crippen LogP contribution >= 0.6 is 7.92 Å². The third-order valence-corrected chi connectivity index (χ3v) is 15.7. The molecule has 4 heteroatoms. The predicted octanol–water partition coefficient (Wildman–Crippen LogP) is 12.4. The summed E-state index contributed by atoms with van der Waals surface area (Å²) in [7, 11) is -0.945. The van der Waals surface area contributed by atoms with Crippen molar-refractivity contribution in [3.63, 3.8) is 0 Å². The van der Waals surface area contributed by atoms with Gasteiger partial charge in [-0.3, -0.25) is 0 Å². The van der Waals surface area contributed by atoms with Crippen molar-refractivity contribution in [3.05, 3.63) is 153 Å². The van der Waals surface area contributed by atoms with Crippen LogP contribution in [0.5, 0.6) is 0 Å². The maximum atomic E-state index is 6.43. The first-order valence-corrected chi connectivity index (χ1v) is 23.4. The van der Waals surface area contributed by atoms with E-state index >= 15 is 0 Å². The fraction of sp³-hybridized carbons (Fsp3) is 0.436. The topological polar surface area (TPSA) is 33.6 Å². The average molecular weight is 803 g/mol. The summed E-state index contributed by atoms with van der Waals surface area (Å²) in [6.45, 7) is 29.8. The largest absolute Gasteiger partial charge is 0.470 e. The van der Waals surface area contributed by atoms with Gasteiger partial charge in [0.05, 0.1) is 13.1 Å². The summed E-state index contributed by atoms with van der Waals surface area (Å²) in [5.74, 6) is 0.793. The number of hydrogen-bond donors (Lipinski definition) is 1. The zero-order chi connectivity index (χ0) is 42.1. The third-order valence-electron chi connectivity index (χ3n) is 13.2. The van der Waals surface area contributed by atoms with Gasteiger partial charge in [0.1, 0.15) is 6.10 Å². The van der Waals surface area contributed by atoms with E-state index in [0.717, 1.165) is 31.6 Å². The number of anilines is 1. The fourth-order valence-corrected chi connectivity index (χ4v) is 12.4. The second-order valence-electron chi connectivity index (χ2n) is 21.7. The molecule has 3 nitrogen and oxygen atoms in total. The number of nitrogens with zero attached hydrogens (tertiary/aromatic N) is 1. The van der Waals surface area contributed by atoms with Gasteiger partial charge in [0.2, 0.25) is 5.90 Å². The van der Waals surface area contributed by atoms with Crippen molar-refractivity contribution < 1.29 is 4.74 Å². The number of hydrogen-bond acceptors (Lipinski definition) is 3. The number of aliphatic imine (C=N–C) groups is 1. The molecule has 1 aliphatic heterocycles. The molecule has 2 aliphatic carbocycles. The second kappa shape index (κ2) is 15.1. The summed E-state index contributed by atoms with van der Waals surface area (Å²) >= 11 is 0. The third kappa shape index (κ3) is 8.06. The van der Waals surface area contributed by atoms with Crippen molar-refractivity contribution in [2.24, 2.45) is 4.99 Å². The van der Waals surface area contributed by atoms with Crippen molar-refractivity contribution in [2.45, 2.75) is 142 Å². The first-order valence-electron chi connectivity index (χ1n) is 22.1. The van der Waals surface area contributed by atoms with E-state index in [1.807, 2.05) is 0 Å². The molecule has 0 fully saturated rings. The molecule has 0 radical (unpaired) electrons. The number of benzene rings is 5. The minimum atomic E-state index is -0.945. The molecule has 5 aromatic rings. The minimum Gasteiger partial charge on any atom is -0.470 e. The van der Waals surface area contributed by atoms with Crippen LogP contribution < -0.4 is 21.2 Å². The summed E-state index contributed by atoms with van der Waals surface area (Å²) in [5.41, 5.74) is 14.2. The lowest BCUT2D eigenvalue weighted by molar-refractivity contribution is 0.227. The van der Waals surface area contributed by atoms with Gasteiger partial charge in [0.25, 0.3) is 0 Å². The Kier molecular flexibility index (Phi) is 10.6. The van der Waals surface area contributed by atoms with Gasteiger partial charge in [0, 0.05) is 11.1 Å². The second-order valence-corrected chi connectivity index (χ2v) is 23.9. The van der Waals surface area contributed by atoms with Gasteiger partial charge in [-0.15, -0.1) is 0 Å². The summed E-state index contributed by atoms with van der Waals surface area (Å²) in [6, 6.07) is 40.1. The average Bonchev–Trinajstić information content (AvgIpc) is 3.91. The van der Waals surface area contributed by atoms with E-state index in [1.165, 1.54) is 66.1 Å². The Labute approximate surface area is 357 Å². The maximum absolute atomic E-state index is 6.43. The van der Waals surface area contributed by atoms with Crippen LogP contribution in [0.15, 0.2) is 108 Å². The predicted molar refractivity (Wildman–Crippen MR) is 255 cm³/mol. The van der Waals surface area contributed by atoms with Crippen molar-refractivity contribution >= 4 is 35.4 Å². The first kappa shape index (κ1) is 41.5. The Morgan fingerprint density at radius 3 is 1.59 bits per heavy atom. The summed E-state index contributed by atoms with van der Waals surface area (Å²) in [6.07, 6.45) is 4.43. The monoisotopic (exact) mass is 802 g/mol. The van der Waals surface area contributed by atoms with Crippen LogP contribution in [0.2, 0.25) is 0 Å². The van der Waals surface area contributed by atoms with Crippen LogP contribution in [0.1, 0.15) is 152 Å². The highest BCUT2D eigenvalue weighted by atomic mass is 31.1. The fourth-order valence-electron chi connectivity index (χ4n) is 9.67. The molecule has 0 aromatic heterocycles. The van der Waals surface area contributed by atoms with Gasteiger partial charge >= 0.3 is 0 Å². The van der Waals surface area contributed by atoms with Gasteiger partial charge in [-0.25, -0.2) is 4.99 Å². The van der Waals surface area contributed by atoms with Crippen LogP contribution in [0.4, 0.5) is 5.69 Å². The number of fused-ring (bicyclic) bond motifs is 4. The minimum absolute atomic E-state index is 0.0140. The van der Waals surface area contributed by atoms with E-state index in [2.05, 4.69) is 192 Å². The molecule has 0 bridgehead atoms. The molecule has 3 aliphatic rings. The molecule has 1 heterocycles. The van der Waals surface area contributed by atoms with Gasteiger partial charge in [0.15, 0.2) is 0 Å². The molecule has 1 N–H and O–H groups in total. The Morgan fingerprint density at radius 1 is 0.593 bits per heavy atom. The number of nitrogens with one attached hydrogen (secondary N) is 1. The highest BCUT2D eigenvalue weighted by Crippen LogP contribution is 2.56. The van der Waals surface area contributed by atoms with Crippen LogP contribution in [-0.2, 0) is 44.7 Å². The van der Waals surface area contributed by atoms with E-state index in [0.29, 0.717) is 13.1 Å². The molecular formula is C55H67N2OP. The van der Waals surface area contributed by atoms with Crippen LogP contribution in [0.3, 0.4) is 0 Å². The highest BCUT2D eigenvalue weighted by Gasteiger charge is 2.48. The lowest BCUT2D eigenvalue weighted by Gasteiger charge is -2.35. The highest BCUT2D eigenvalue weighted by molar-refractivity contribution is 7.80. The van der Waals surface area contributed by atoms with E-state index in [9.17, 15) is 0 Å². The molecule has 308 valence electrons. The standard InChI is InChI=1S/C55H67N2OP/c1-51(2,3)39-28-40(52(4,5)6)31-43(30-39)59(44-32-41(53(7,8)9)29-42(33-44)54(10,11)12)47-23-17-21-38-25-27-55(50(38)47)26-24-37-20-16-22-45(49(37)55)56-35-48-57-34-46(58-48)36-18-14-13-15-19-36/h13-23,28-33,46,56H,24-27,34-35H2,1-12H3/t46-,55+/m1/s1. The normalized spacial score (nSPS) is 19.2. The molecule has 0 unspecified atom stereocenters. The summed E-state index contributed by atoms with van der Waals surface area (Å²) in [5, 5.41) is 8.36. The van der Waals surface area contributed by atoms with Crippen LogP contribution in [-0.4, -0.2) is 19.0 Å². The van der Waals surface area contributed by atoms with E-state index in [1.54, 1.807) is 5.56 Å². The molecule has 1 spiro atoms. The Balaban J connectivity index is 1.30. The molecule has 5 aromatic carbocycles. The molecule has 0 amide bonds. The van der Waals surface area contributed by atoms with Crippen molar-refractivity contribution in [1.29, 1.82) is 0 Å². The van der Waals surface area contributed by atoms with Crippen molar-refractivity contribution in [2.75, 3.05) is 18.4 Å². The lowest BCUT2D eigenvalue weighted by atomic mass is 9.76. The van der Waals surface area contributed by atoms with E-state index in [4.69, 9.17) is 9.73 Å². The Morgan fingerprint density at radius 2 is 1.08 bits per heavy atom. The number of ether oxygens (including phenoxy) is 1. The zero-order valence-electron chi connectivity index (χ0n) is 37.9. The number of aryl methyl sites for hydroxylation is 2. The Bertz CT molecular complexity index is 2250. The first-order chi connectivity index (χ1) is 27.7. The zero-order valence-corrected chi connectivity index (χ0v) is 38.8. The summed E-state index contributed by atoms with van der Waals surface area (Å²) < 4.78 is 6.43. The molecular weight excluding hydrogens is 736 g/mol. The van der Waals surface area contributed by atoms with E-state index in [-0.39, 0.29) is 33.2 Å². The smallest absolute Gasteiger partial charge is 0.204 e. The quantitative estimate of drug-likeness (QED) is 0.166. The maximum Gasteiger partial charge on any atom is 0.204 e. The van der Waals surface area contributed by atoms with Crippen LogP contribution in [0.25, 0.3) is 0 Å². The molecule has 0 saturated heterocycles. The van der Waals surface area contributed by atoms with Gasteiger partial charge in [-0.05, 0) is 127 Å². The van der Waals surface area contributed by atoms with Crippen molar-refractivity contribution in [3.8, 4) is 0 Å².